The van der Waals surface area contributed by atoms with Gasteiger partial charge in [-0.2, -0.15) is 0 Å². The fraction of sp³-hybridized carbons (Fsp3) is 0.583. The van der Waals surface area contributed by atoms with E-state index in [0.29, 0.717) is 0 Å². The number of nitrogens with zero attached hydrogens (tertiary/aromatic N) is 1. The molecule has 0 aliphatic heterocycles. The predicted octanol–water partition coefficient (Wildman–Crippen LogP) is 2.97. The molecule has 0 aromatic rings. The molecule has 2 heteroatoms. The summed E-state index contributed by atoms with van der Waals surface area (Å²) in [4.78, 5) is 12.5. The molecule has 0 saturated carbocycles. The summed E-state index contributed by atoms with van der Waals surface area (Å²) < 4.78 is 0. The minimum absolute atomic E-state index is 0.0461. The Bertz CT molecular complexity index is 256. The highest BCUT2D eigenvalue weighted by Gasteiger charge is 2.04. The van der Waals surface area contributed by atoms with Crippen LogP contribution in [0.5, 0.6) is 0 Å². The number of amides is 1. The van der Waals surface area contributed by atoms with Gasteiger partial charge in [-0.1, -0.05) is 32.4 Å². The molecular formula is C12H21NO. The van der Waals surface area contributed by atoms with Crippen LogP contribution in [0.3, 0.4) is 0 Å². The summed E-state index contributed by atoms with van der Waals surface area (Å²) in [5.74, 6) is 0.0461. The Hall–Kier alpha value is -1.05. The highest BCUT2D eigenvalue weighted by molar-refractivity contribution is 5.73. The quantitative estimate of drug-likeness (QED) is 0.620. The van der Waals surface area contributed by atoms with Crippen LogP contribution in [0.1, 0.15) is 34.6 Å². The first-order chi connectivity index (χ1) is 6.22. The molecule has 0 saturated heterocycles. The molecule has 0 aromatic heterocycles. The number of hydrogen-bond donors (Lipinski definition) is 0. The second-order valence-electron chi connectivity index (χ2n) is 4.70. The second kappa shape index (κ2) is 4.99. The van der Waals surface area contributed by atoms with E-state index >= 15 is 0 Å². The minimum atomic E-state index is 0.0461. The summed E-state index contributed by atoms with van der Waals surface area (Å²) in [6.45, 7) is 10.0. The highest BCUT2D eigenvalue weighted by Crippen LogP contribution is 2.17. The Labute approximate surface area is 87.3 Å². The monoisotopic (exact) mass is 195 g/mol. The van der Waals surface area contributed by atoms with E-state index in [1.165, 1.54) is 5.57 Å². The molecule has 0 atom stereocenters. The third-order valence-corrected chi connectivity index (χ3v) is 1.72. The molecule has 0 heterocycles. The fourth-order valence-electron chi connectivity index (χ4n) is 1.07. The minimum Gasteiger partial charge on any atom is -0.322 e. The average molecular weight is 195 g/mol. The van der Waals surface area contributed by atoms with Crippen LogP contribution in [-0.2, 0) is 4.79 Å². The largest absolute Gasteiger partial charge is 0.322 e. The maximum absolute atomic E-state index is 10.9. The number of carbonyl (C=O) groups is 1. The SMILES string of the molecule is CC(=O)N(C)/C=C/C(C)=C/C(C)(C)C. The Morgan fingerprint density at radius 2 is 1.71 bits per heavy atom. The van der Waals surface area contributed by atoms with Crippen LogP contribution in [0.15, 0.2) is 23.9 Å². The number of allylic oxidation sites excluding steroid dienone is 3. The molecule has 0 bridgehead atoms. The van der Waals surface area contributed by atoms with Crippen LogP contribution in [-0.4, -0.2) is 17.9 Å². The lowest BCUT2D eigenvalue weighted by molar-refractivity contribution is -0.125. The average Bonchev–Trinajstić information content (AvgIpc) is 1.96. The number of carbonyl (C=O) groups excluding carboxylic acids is 1. The summed E-state index contributed by atoms with van der Waals surface area (Å²) in [6.07, 6.45) is 5.92. The topological polar surface area (TPSA) is 20.3 Å². The van der Waals surface area contributed by atoms with E-state index in [1.807, 2.05) is 13.0 Å². The standard InChI is InChI=1S/C12H21NO/c1-10(9-12(3,4)5)7-8-13(6)11(2)14/h7-9H,1-6H3/b8-7+,10-9+. The molecule has 0 fully saturated rings. The predicted molar refractivity (Wildman–Crippen MR) is 60.8 cm³/mol. The van der Waals surface area contributed by atoms with Gasteiger partial charge in [0, 0.05) is 20.2 Å². The molecule has 1 amide bonds. The zero-order valence-corrected chi connectivity index (χ0v) is 10.1. The third kappa shape index (κ3) is 6.46. The fourth-order valence-corrected chi connectivity index (χ4v) is 1.07. The molecule has 0 aliphatic carbocycles. The zero-order chi connectivity index (χ0) is 11.4. The van der Waals surface area contributed by atoms with Gasteiger partial charge in [-0.3, -0.25) is 4.79 Å². The first kappa shape index (κ1) is 12.9. The van der Waals surface area contributed by atoms with Crippen molar-refractivity contribution in [2.24, 2.45) is 5.41 Å². The molecule has 0 N–H and O–H groups in total. The Kier molecular flexibility index (Phi) is 4.61. The summed E-state index contributed by atoms with van der Waals surface area (Å²) in [5, 5.41) is 0. The highest BCUT2D eigenvalue weighted by atomic mass is 16.2. The Morgan fingerprint density at radius 3 is 2.07 bits per heavy atom. The van der Waals surface area contributed by atoms with Crippen LogP contribution in [0.2, 0.25) is 0 Å². The van der Waals surface area contributed by atoms with E-state index in [-0.39, 0.29) is 11.3 Å². The summed E-state index contributed by atoms with van der Waals surface area (Å²) >= 11 is 0. The van der Waals surface area contributed by atoms with Crippen LogP contribution in [0.4, 0.5) is 0 Å². The molecule has 0 aliphatic rings. The van der Waals surface area contributed by atoms with Crippen LogP contribution in [0.25, 0.3) is 0 Å². The van der Waals surface area contributed by atoms with Gasteiger partial charge in [0.2, 0.25) is 5.91 Å². The Morgan fingerprint density at radius 1 is 1.21 bits per heavy atom. The van der Waals surface area contributed by atoms with Gasteiger partial charge >= 0.3 is 0 Å². The Balaban J connectivity index is 4.39. The van der Waals surface area contributed by atoms with Crippen LogP contribution >= 0.6 is 0 Å². The maximum Gasteiger partial charge on any atom is 0.223 e. The maximum atomic E-state index is 10.9. The number of rotatable bonds is 2. The molecular weight excluding hydrogens is 174 g/mol. The van der Waals surface area contributed by atoms with Crippen molar-refractivity contribution in [1.29, 1.82) is 0 Å². The lowest BCUT2D eigenvalue weighted by atomic mass is 9.94. The third-order valence-electron chi connectivity index (χ3n) is 1.72. The summed E-state index contributed by atoms with van der Waals surface area (Å²) in [5.41, 5.74) is 1.36. The van der Waals surface area contributed by atoms with Crippen molar-refractivity contribution in [3.63, 3.8) is 0 Å². The summed E-state index contributed by atoms with van der Waals surface area (Å²) in [7, 11) is 1.75. The van der Waals surface area contributed by atoms with Gasteiger partial charge in [0.05, 0.1) is 0 Å². The van der Waals surface area contributed by atoms with E-state index in [4.69, 9.17) is 0 Å². The van der Waals surface area contributed by atoms with Crippen molar-refractivity contribution < 1.29 is 4.79 Å². The van der Waals surface area contributed by atoms with Crippen molar-refractivity contribution in [1.82, 2.24) is 4.90 Å². The van der Waals surface area contributed by atoms with Gasteiger partial charge in [-0.05, 0) is 18.4 Å². The van der Waals surface area contributed by atoms with E-state index in [0.717, 1.165) is 0 Å². The van der Waals surface area contributed by atoms with E-state index in [2.05, 4.69) is 26.8 Å². The van der Waals surface area contributed by atoms with Crippen molar-refractivity contribution in [3.05, 3.63) is 23.9 Å². The number of hydrogen-bond acceptors (Lipinski definition) is 1. The second-order valence-corrected chi connectivity index (χ2v) is 4.70. The van der Waals surface area contributed by atoms with Gasteiger partial charge < -0.3 is 4.90 Å². The van der Waals surface area contributed by atoms with Gasteiger partial charge in [0.25, 0.3) is 0 Å². The van der Waals surface area contributed by atoms with E-state index in [1.54, 1.807) is 25.1 Å². The van der Waals surface area contributed by atoms with Crippen molar-refractivity contribution in [2.45, 2.75) is 34.6 Å². The first-order valence-electron chi connectivity index (χ1n) is 4.83. The van der Waals surface area contributed by atoms with E-state index < -0.39 is 0 Å². The molecule has 0 unspecified atom stereocenters. The van der Waals surface area contributed by atoms with Crippen molar-refractivity contribution >= 4 is 5.91 Å². The smallest absolute Gasteiger partial charge is 0.223 e. The molecule has 0 spiro atoms. The molecule has 14 heavy (non-hydrogen) atoms. The molecule has 0 aromatic carbocycles. The zero-order valence-electron chi connectivity index (χ0n) is 10.1. The summed E-state index contributed by atoms with van der Waals surface area (Å²) in [6, 6.07) is 0. The molecule has 0 rings (SSSR count). The first-order valence-corrected chi connectivity index (χ1v) is 4.83. The van der Waals surface area contributed by atoms with Gasteiger partial charge in [0.1, 0.15) is 0 Å². The lowest BCUT2D eigenvalue weighted by Crippen LogP contribution is -2.16. The normalized spacial score (nSPS) is 13.4. The molecule has 2 nitrogen and oxygen atoms in total. The van der Waals surface area contributed by atoms with Crippen LogP contribution in [0, 0.1) is 5.41 Å². The molecule has 80 valence electrons. The van der Waals surface area contributed by atoms with Crippen molar-refractivity contribution in [2.75, 3.05) is 7.05 Å². The van der Waals surface area contributed by atoms with Gasteiger partial charge in [-0.25, -0.2) is 0 Å². The molecule has 0 radical (unpaired) electrons. The lowest BCUT2D eigenvalue weighted by Gasteiger charge is -2.13. The van der Waals surface area contributed by atoms with Gasteiger partial charge in [-0.15, -0.1) is 0 Å². The van der Waals surface area contributed by atoms with E-state index in [9.17, 15) is 4.79 Å². The van der Waals surface area contributed by atoms with Crippen molar-refractivity contribution in [3.8, 4) is 0 Å². The van der Waals surface area contributed by atoms with Gasteiger partial charge in [0.15, 0.2) is 0 Å². The van der Waals surface area contributed by atoms with Crippen LogP contribution < -0.4 is 0 Å².